The molecule has 4 nitrogen and oxygen atoms in total. The van der Waals surface area contributed by atoms with E-state index >= 15 is 0 Å². The lowest BCUT2D eigenvalue weighted by Crippen LogP contribution is -2.13. The molecule has 0 radical (unpaired) electrons. The monoisotopic (exact) mass is 390 g/mol. The maximum absolute atomic E-state index is 12.9. The Morgan fingerprint density at radius 2 is 1.71 bits per heavy atom. The van der Waals surface area contributed by atoms with E-state index in [2.05, 4.69) is 22.8 Å². The van der Waals surface area contributed by atoms with E-state index in [1.54, 1.807) is 0 Å². The van der Waals surface area contributed by atoms with E-state index in [4.69, 9.17) is 0 Å². The predicted octanol–water partition coefficient (Wildman–Crippen LogP) is 5.25. The van der Waals surface area contributed by atoms with Crippen molar-refractivity contribution in [2.24, 2.45) is 5.92 Å². The Labute approximate surface area is 168 Å². The topological polar surface area (TPSA) is 58.2 Å². The molecule has 142 valence electrons. The van der Waals surface area contributed by atoms with Crippen LogP contribution < -0.4 is 10.6 Å². The second kappa shape index (κ2) is 7.98. The number of amides is 2. The van der Waals surface area contributed by atoms with E-state index in [9.17, 15) is 9.59 Å². The molecule has 0 bridgehead atoms. The highest BCUT2D eigenvalue weighted by Crippen LogP contribution is 2.33. The molecule has 1 aliphatic carbocycles. The van der Waals surface area contributed by atoms with E-state index in [1.165, 1.54) is 16.9 Å². The van der Waals surface area contributed by atoms with Crippen LogP contribution in [0.3, 0.4) is 0 Å². The number of thiophene rings is 1. The number of carbonyl (C=O) groups is 2. The van der Waals surface area contributed by atoms with Gasteiger partial charge in [0.1, 0.15) is 0 Å². The molecule has 1 aliphatic rings. The van der Waals surface area contributed by atoms with E-state index in [0.717, 1.165) is 41.1 Å². The van der Waals surface area contributed by atoms with Gasteiger partial charge in [0.15, 0.2) is 0 Å². The average Bonchev–Trinajstić information content (AvgIpc) is 3.48. The second-order valence-corrected chi connectivity index (χ2v) is 8.21. The highest BCUT2D eigenvalue weighted by molar-refractivity contribution is 7.18. The average molecular weight is 391 g/mol. The van der Waals surface area contributed by atoms with Crippen molar-refractivity contribution in [2.45, 2.75) is 26.2 Å². The maximum atomic E-state index is 12.9. The van der Waals surface area contributed by atoms with Crippen molar-refractivity contribution >= 4 is 33.8 Å². The van der Waals surface area contributed by atoms with Gasteiger partial charge in [0.05, 0.1) is 9.88 Å². The van der Waals surface area contributed by atoms with Crippen molar-refractivity contribution in [3.05, 3.63) is 82.2 Å². The zero-order chi connectivity index (χ0) is 19.5. The fourth-order valence-electron chi connectivity index (χ4n) is 3.13. The first-order valence-corrected chi connectivity index (χ1v) is 10.3. The normalized spacial score (nSPS) is 13.2. The first-order chi connectivity index (χ1) is 13.6. The summed E-state index contributed by atoms with van der Waals surface area (Å²) in [6.45, 7) is 1.90. The molecule has 1 saturated carbocycles. The van der Waals surface area contributed by atoms with Crippen LogP contribution in [0.1, 0.15) is 39.2 Å². The van der Waals surface area contributed by atoms with E-state index in [-0.39, 0.29) is 17.7 Å². The van der Waals surface area contributed by atoms with Crippen molar-refractivity contribution in [3.8, 4) is 0 Å². The van der Waals surface area contributed by atoms with Crippen LogP contribution in [-0.2, 0) is 11.2 Å². The molecule has 2 amide bonds. The third kappa shape index (κ3) is 4.31. The lowest BCUT2D eigenvalue weighted by Gasteiger charge is -2.11. The number of benzene rings is 2. The summed E-state index contributed by atoms with van der Waals surface area (Å²) in [5.74, 6) is 0.0564. The number of para-hydroxylation sites is 1. The smallest absolute Gasteiger partial charge is 0.266 e. The predicted molar refractivity (Wildman–Crippen MR) is 114 cm³/mol. The van der Waals surface area contributed by atoms with Gasteiger partial charge in [0.25, 0.3) is 5.91 Å². The van der Waals surface area contributed by atoms with Crippen LogP contribution in [0.15, 0.2) is 60.7 Å². The van der Waals surface area contributed by atoms with Crippen molar-refractivity contribution in [3.63, 3.8) is 0 Å². The molecule has 4 rings (SSSR count). The molecule has 3 aromatic rings. The van der Waals surface area contributed by atoms with Crippen LogP contribution in [0.2, 0.25) is 0 Å². The Hall–Kier alpha value is -2.92. The van der Waals surface area contributed by atoms with Gasteiger partial charge in [0.2, 0.25) is 5.91 Å². The van der Waals surface area contributed by atoms with E-state index in [1.807, 2.05) is 55.5 Å². The molecule has 0 spiro atoms. The summed E-state index contributed by atoms with van der Waals surface area (Å²) in [5.41, 5.74) is 3.95. The molecule has 1 fully saturated rings. The van der Waals surface area contributed by atoms with Gasteiger partial charge in [-0.15, -0.1) is 11.3 Å². The van der Waals surface area contributed by atoms with Gasteiger partial charge in [0, 0.05) is 11.6 Å². The van der Waals surface area contributed by atoms with Crippen LogP contribution in [0.4, 0.5) is 10.7 Å². The minimum absolute atomic E-state index is 0.0569. The van der Waals surface area contributed by atoms with Crippen LogP contribution in [0.5, 0.6) is 0 Å². The van der Waals surface area contributed by atoms with Crippen molar-refractivity contribution in [1.82, 2.24) is 0 Å². The standard InChI is InChI=1S/C23H22N2O2S/c1-15-13-20(25-22(26)17-11-12-17)28-21(15)23(27)24-19-10-6-5-9-18(19)14-16-7-3-2-4-8-16/h2-10,13,17H,11-12,14H2,1H3,(H,24,27)(H,25,26). The summed E-state index contributed by atoms with van der Waals surface area (Å²) in [7, 11) is 0. The quantitative estimate of drug-likeness (QED) is 0.604. The van der Waals surface area contributed by atoms with Crippen LogP contribution in [0, 0.1) is 12.8 Å². The van der Waals surface area contributed by atoms with Gasteiger partial charge >= 0.3 is 0 Å². The molecule has 0 unspecified atom stereocenters. The molecule has 2 N–H and O–H groups in total. The van der Waals surface area contributed by atoms with Crippen LogP contribution in [-0.4, -0.2) is 11.8 Å². The second-order valence-electron chi connectivity index (χ2n) is 7.16. The molecule has 0 aliphatic heterocycles. The number of hydrogen-bond donors (Lipinski definition) is 2. The molecular formula is C23H22N2O2S. The lowest BCUT2D eigenvalue weighted by atomic mass is 10.0. The lowest BCUT2D eigenvalue weighted by molar-refractivity contribution is -0.117. The van der Waals surface area contributed by atoms with Gasteiger partial charge < -0.3 is 10.6 Å². The van der Waals surface area contributed by atoms with Crippen LogP contribution >= 0.6 is 11.3 Å². The maximum Gasteiger partial charge on any atom is 0.266 e. The Kier molecular flexibility index (Phi) is 5.26. The summed E-state index contributed by atoms with van der Waals surface area (Å²) in [6, 6.07) is 19.9. The number of nitrogens with one attached hydrogen (secondary N) is 2. The van der Waals surface area contributed by atoms with Gasteiger partial charge in [-0.2, -0.15) is 0 Å². The number of carbonyl (C=O) groups excluding carboxylic acids is 2. The highest BCUT2D eigenvalue weighted by Gasteiger charge is 2.30. The molecule has 5 heteroatoms. The molecule has 0 saturated heterocycles. The number of hydrogen-bond acceptors (Lipinski definition) is 3. The molecule has 0 atom stereocenters. The van der Waals surface area contributed by atoms with Gasteiger partial charge in [-0.25, -0.2) is 0 Å². The SMILES string of the molecule is Cc1cc(NC(=O)C2CC2)sc1C(=O)Nc1ccccc1Cc1ccccc1. The Balaban J connectivity index is 1.49. The van der Waals surface area contributed by atoms with Gasteiger partial charge in [-0.3, -0.25) is 9.59 Å². The third-order valence-corrected chi connectivity index (χ3v) is 5.97. The number of rotatable bonds is 6. The largest absolute Gasteiger partial charge is 0.321 e. The molecule has 1 heterocycles. The third-order valence-electron chi connectivity index (χ3n) is 4.82. The minimum atomic E-state index is -0.144. The Morgan fingerprint density at radius 3 is 2.46 bits per heavy atom. The highest BCUT2D eigenvalue weighted by atomic mass is 32.1. The van der Waals surface area contributed by atoms with Crippen molar-refractivity contribution in [2.75, 3.05) is 10.6 Å². The first kappa shape index (κ1) is 18.4. The molecular weight excluding hydrogens is 368 g/mol. The van der Waals surface area contributed by atoms with Crippen molar-refractivity contribution < 1.29 is 9.59 Å². The molecule has 28 heavy (non-hydrogen) atoms. The van der Waals surface area contributed by atoms with Crippen molar-refractivity contribution in [1.29, 1.82) is 0 Å². The fourth-order valence-corrected chi connectivity index (χ4v) is 4.10. The summed E-state index contributed by atoms with van der Waals surface area (Å²) in [4.78, 5) is 25.5. The Bertz CT molecular complexity index is 1010. The summed E-state index contributed by atoms with van der Waals surface area (Å²) in [6.07, 6.45) is 2.67. The summed E-state index contributed by atoms with van der Waals surface area (Å²) < 4.78 is 0. The zero-order valence-corrected chi connectivity index (χ0v) is 16.5. The Morgan fingerprint density at radius 1 is 1.00 bits per heavy atom. The van der Waals surface area contributed by atoms with Gasteiger partial charge in [-0.05, 0) is 55.0 Å². The van der Waals surface area contributed by atoms with E-state index in [0.29, 0.717) is 4.88 Å². The van der Waals surface area contributed by atoms with Crippen LogP contribution in [0.25, 0.3) is 0 Å². The first-order valence-electron chi connectivity index (χ1n) is 9.44. The number of anilines is 2. The van der Waals surface area contributed by atoms with E-state index < -0.39 is 0 Å². The fraction of sp³-hybridized carbons (Fsp3) is 0.217. The summed E-state index contributed by atoms with van der Waals surface area (Å²) in [5, 5.41) is 6.71. The number of aryl methyl sites for hydroxylation is 1. The minimum Gasteiger partial charge on any atom is -0.321 e. The van der Waals surface area contributed by atoms with Gasteiger partial charge in [-0.1, -0.05) is 48.5 Å². The molecule has 1 aromatic heterocycles. The molecule has 2 aromatic carbocycles. The summed E-state index contributed by atoms with van der Waals surface area (Å²) >= 11 is 1.33. The zero-order valence-electron chi connectivity index (χ0n) is 15.7.